The van der Waals surface area contributed by atoms with E-state index in [1.807, 2.05) is 12.1 Å². The number of hydrogen-bond acceptors (Lipinski definition) is 5. The molecule has 1 aliphatic rings. The van der Waals surface area contributed by atoms with Crippen molar-refractivity contribution in [1.29, 1.82) is 0 Å². The van der Waals surface area contributed by atoms with Gasteiger partial charge in [-0.2, -0.15) is 13.2 Å². The van der Waals surface area contributed by atoms with Gasteiger partial charge in [-0.15, -0.1) is 0 Å². The molecular formula is C30H25ClF3N3O4. The molecule has 4 aromatic rings. The Bertz CT molecular complexity index is 1610. The first-order valence-corrected chi connectivity index (χ1v) is 13.4. The van der Waals surface area contributed by atoms with Gasteiger partial charge in [-0.05, 0) is 61.7 Å². The molecule has 0 spiro atoms. The quantitative estimate of drug-likeness (QED) is 0.216. The molecule has 0 aliphatic carbocycles. The third-order valence-electron chi connectivity index (χ3n) is 6.86. The fourth-order valence-electron chi connectivity index (χ4n) is 4.77. The number of nitrogens with one attached hydrogen (secondary N) is 1. The summed E-state index contributed by atoms with van der Waals surface area (Å²) in [5.74, 6) is -1.17. The second kappa shape index (κ2) is 11.7. The Labute approximate surface area is 238 Å². The summed E-state index contributed by atoms with van der Waals surface area (Å²) in [4.78, 5) is 33.8. The predicted octanol–water partition coefficient (Wildman–Crippen LogP) is 7.02. The van der Waals surface area contributed by atoms with Crippen LogP contribution in [0.3, 0.4) is 0 Å². The van der Waals surface area contributed by atoms with E-state index in [2.05, 4.69) is 5.32 Å². The molecule has 1 amide bonds. The number of ether oxygens (including phenoxy) is 1. The molecular weight excluding hydrogens is 559 g/mol. The molecule has 0 bridgehead atoms. The summed E-state index contributed by atoms with van der Waals surface area (Å²) >= 11 is 6.05. The summed E-state index contributed by atoms with van der Waals surface area (Å²) in [6.45, 7) is 0.168. The van der Waals surface area contributed by atoms with Crippen molar-refractivity contribution in [2.45, 2.75) is 44.3 Å². The number of fused-ring (bicyclic) bond motifs is 2. The van der Waals surface area contributed by atoms with E-state index in [9.17, 15) is 22.8 Å². The largest absolute Gasteiger partial charge is 0.493 e. The Kier molecular flexibility index (Phi) is 8.12. The number of carbonyl (C=O) groups excluding carboxylic acids is 1. The standard InChI is InChI=1S/C30H25ClF3N3O4/c31-20-9-5-17(6-10-20)28-24(3-1-2-4-27(38)39)35-25-15-18(7-12-23(25)36-28)29(40)37-22-13-14-41-26-16-19(30(32,33)34)8-11-21(22)26/h5-12,15-16,22H,1-4,13-14H2,(H,37,40)(H,38,39)/t22-/m1/s1. The van der Waals surface area contributed by atoms with Gasteiger partial charge in [0, 0.05) is 34.6 Å². The zero-order chi connectivity index (χ0) is 29.1. The Morgan fingerprint density at radius 2 is 1.78 bits per heavy atom. The van der Waals surface area contributed by atoms with Gasteiger partial charge >= 0.3 is 12.1 Å². The molecule has 5 rings (SSSR count). The molecule has 7 nitrogen and oxygen atoms in total. The summed E-state index contributed by atoms with van der Waals surface area (Å²) in [6.07, 6.45) is -2.48. The van der Waals surface area contributed by atoms with Crippen molar-refractivity contribution in [2.75, 3.05) is 6.61 Å². The van der Waals surface area contributed by atoms with Crippen LogP contribution in [0.4, 0.5) is 13.2 Å². The van der Waals surface area contributed by atoms with E-state index in [0.29, 0.717) is 64.3 Å². The van der Waals surface area contributed by atoms with Crippen LogP contribution in [0.2, 0.25) is 5.02 Å². The lowest BCUT2D eigenvalue weighted by atomic mass is 9.98. The van der Waals surface area contributed by atoms with Crippen molar-refractivity contribution in [2.24, 2.45) is 0 Å². The number of nitrogens with zero attached hydrogens (tertiary/aromatic N) is 2. The molecule has 1 atom stereocenters. The van der Waals surface area contributed by atoms with E-state index in [1.165, 1.54) is 6.07 Å². The highest BCUT2D eigenvalue weighted by molar-refractivity contribution is 6.30. The van der Waals surface area contributed by atoms with Crippen LogP contribution in [0.1, 0.15) is 58.9 Å². The fraction of sp³-hybridized carbons (Fsp3) is 0.267. The number of rotatable bonds is 8. The van der Waals surface area contributed by atoms with Crippen molar-refractivity contribution in [3.63, 3.8) is 0 Å². The number of carbonyl (C=O) groups is 2. The number of carboxylic acid groups (broad SMARTS) is 1. The van der Waals surface area contributed by atoms with Crippen LogP contribution >= 0.6 is 11.6 Å². The summed E-state index contributed by atoms with van der Waals surface area (Å²) < 4.78 is 44.8. The van der Waals surface area contributed by atoms with Crippen molar-refractivity contribution in [3.05, 3.63) is 88.1 Å². The second-order valence-electron chi connectivity index (χ2n) is 9.74. The SMILES string of the molecule is O=C(O)CCCCc1nc2cc(C(=O)N[C@@H]3CCOc4cc(C(F)(F)F)ccc43)ccc2nc1-c1ccc(Cl)cc1. The van der Waals surface area contributed by atoms with Crippen LogP contribution < -0.4 is 10.1 Å². The monoisotopic (exact) mass is 583 g/mol. The molecule has 2 N–H and O–H groups in total. The predicted molar refractivity (Wildman–Crippen MR) is 147 cm³/mol. The number of aryl methyl sites for hydroxylation is 1. The van der Waals surface area contributed by atoms with Crippen molar-refractivity contribution >= 4 is 34.5 Å². The molecule has 1 aliphatic heterocycles. The van der Waals surface area contributed by atoms with E-state index in [-0.39, 0.29) is 18.8 Å². The van der Waals surface area contributed by atoms with Crippen LogP contribution in [-0.4, -0.2) is 33.6 Å². The first kappa shape index (κ1) is 28.4. The molecule has 11 heteroatoms. The molecule has 41 heavy (non-hydrogen) atoms. The summed E-state index contributed by atoms with van der Waals surface area (Å²) in [7, 11) is 0. The molecule has 212 valence electrons. The lowest BCUT2D eigenvalue weighted by molar-refractivity contribution is -0.138. The number of hydrogen-bond donors (Lipinski definition) is 2. The number of carboxylic acids is 1. The van der Waals surface area contributed by atoms with Crippen molar-refractivity contribution < 1.29 is 32.6 Å². The molecule has 2 heterocycles. The maximum Gasteiger partial charge on any atom is 0.416 e. The number of halogens is 4. The third kappa shape index (κ3) is 6.59. The van der Waals surface area contributed by atoms with Crippen LogP contribution in [-0.2, 0) is 17.4 Å². The van der Waals surface area contributed by atoms with Gasteiger partial charge in [0.1, 0.15) is 5.75 Å². The van der Waals surface area contributed by atoms with Gasteiger partial charge in [-0.1, -0.05) is 29.8 Å². The van der Waals surface area contributed by atoms with Gasteiger partial charge in [0.25, 0.3) is 5.91 Å². The zero-order valence-electron chi connectivity index (χ0n) is 21.7. The maximum absolute atomic E-state index is 13.2. The molecule has 0 saturated carbocycles. The number of benzene rings is 3. The number of aromatic nitrogens is 2. The van der Waals surface area contributed by atoms with Crippen molar-refractivity contribution in [3.8, 4) is 17.0 Å². The van der Waals surface area contributed by atoms with Crippen LogP contribution in [0.25, 0.3) is 22.3 Å². The Morgan fingerprint density at radius 1 is 1.00 bits per heavy atom. The topological polar surface area (TPSA) is 101 Å². The minimum atomic E-state index is -4.50. The highest BCUT2D eigenvalue weighted by Crippen LogP contribution is 2.38. The average molecular weight is 584 g/mol. The van der Waals surface area contributed by atoms with E-state index in [0.717, 1.165) is 17.7 Å². The van der Waals surface area contributed by atoms with Crippen LogP contribution in [0.5, 0.6) is 5.75 Å². The minimum Gasteiger partial charge on any atom is -0.493 e. The van der Waals surface area contributed by atoms with E-state index >= 15 is 0 Å². The fourth-order valence-corrected chi connectivity index (χ4v) is 4.90. The minimum absolute atomic E-state index is 0.0501. The molecule has 0 unspecified atom stereocenters. The number of unbranched alkanes of at least 4 members (excludes halogenated alkanes) is 1. The Balaban J connectivity index is 1.41. The highest BCUT2D eigenvalue weighted by Gasteiger charge is 2.33. The Hall–Kier alpha value is -4.18. The van der Waals surface area contributed by atoms with Gasteiger partial charge in [-0.25, -0.2) is 9.97 Å². The summed E-state index contributed by atoms with van der Waals surface area (Å²) in [5, 5.41) is 12.5. The first-order valence-electron chi connectivity index (χ1n) is 13.0. The smallest absolute Gasteiger partial charge is 0.416 e. The van der Waals surface area contributed by atoms with Crippen LogP contribution in [0, 0.1) is 0 Å². The van der Waals surface area contributed by atoms with E-state index in [1.54, 1.807) is 30.3 Å². The highest BCUT2D eigenvalue weighted by atomic mass is 35.5. The average Bonchev–Trinajstić information content (AvgIpc) is 2.94. The third-order valence-corrected chi connectivity index (χ3v) is 7.11. The number of aliphatic carboxylic acids is 1. The maximum atomic E-state index is 13.2. The molecule has 0 fully saturated rings. The molecule has 0 saturated heterocycles. The number of amides is 1. The Morgan fingerprint density at radius 3 is 2.51 bits per heavy atom. The van der Waals surface area contributed by atoms with Gasteiger partial charge in [-0.3, -0.25) is 9.59 Å². The van der Waals surface area contributed by atoms with Gasteiger partial charge in [0.05, 0.1) is 40.6 Å². The van der Waals surface area contributed by atoms with E-state index < -0.39 is 29.7 Å². The molecule has 0 radical (unpaired) electrons. The number of alkyl halides is 3. The summed E-state index contributed by atoms with van der Waals surface area (Å²) in [5.41, 5.74) is 3.18. The van der Waals surface area contributed by atoms with E-state index in [4.69, 9.17) is 31.4 Å². The van der Waals surface area contributed by atoms with Gasteiger partial charge in [0.2, 0.25) is 0 Å². The van der Waals surface area contributed by atoms with Crippen molar-refractivity contribution in [1.82, 2.24) is 15.3 Å². The van der Waals surface area contributed by atoms with Gasteiger partial charge in [0.15, 0.2) is 0 Å². The lowest BCUT2D eigenvalue weighted by Crippen LogP contribution is -2.32. The van der Waals surface area contributed by atoms with Gasteiger partial charge < -0.3 is 15.2 Å². The molecule has 1 aromatic heterocycles. The summed E-state index contributed by atoms with van der Waals surface area (Å²) in [6, 6.07) is 14.9. The molecule has 3 aromatic carbocycles. The first-order chi connectivity index (χ1) is 19.6. The zero-order valence-corrected chi connectivity index (χ0v) is 22.4. The lowest BCUT2D eigenvalue weighted by Gasteiger charge is -2.27. The van der Waals surface area contributed by atoms with Crippen LogP contribution in [0.15, 0.2) is 60.7 Å². The second-order valence-corrected chi connectivity index (χ2v) is 10.2. The normalized spacial score (nSPS) is 14.8.